The minimum absolute atomic E-state index is 0.0223. The Morgan fingerprint density at radius 1 is 1.42 bits per heavy atom. The number of benzene rings is 1. The van der Waals surface area contributed by atoms with Gasteiger partial charge in [-0.3, -0.25) is 0 Å². The molecule has 24 heavy (non-hydrogen) atoms. The SMILES string of the molecule is CCC(C)OC(=O)C1=C(C)NC(=O)NC1c1ccc(O)c(OC)c1. The van der Waals surface area contributed by atoms with Gasteiger partial charge in [0.15, 0.2) is 11.5 Å². The van der Waals surface area contributed by atoms with Gasteiger partial charge in [-0.1, -0.05) is 13.0 Å². The van der Waals surface area contributed by atoms with Gasteiger partial charge in [0.1, 0.15) is 0 Å². The zero-order chi connectivity index (χ0) is 17.9. The molecule has 7 nitrogen and oxygen atoms in total. The van der Waals surface area contributed by atoms with E-state index < -0.39 is 18.0 Å². The van der Waals surface area contributed by atoms with E-state index in [1.54, 1.807) is 26.0 Å². The maximum Gasteiger partial charge on any atom is 0.338 e. The standard InChI is InChI=1S/C17H22N2O5/c1-5-9(2)24-16(21)14-10(3)18-17(22)19-15(14)11-6-7-12(20)13(8-11)23-4/h6-9,15,20H,5H2,1-4H3,(H2,18,19,22). The lowest BCUT2D eigenvalue weighted by molar-refractivity contribution is -0.144. The molecule has 1 aromatic rings. The molecule has 0 saturated heterocycles. The molecule has 0 bridgehead atoms. The smallest absolute Gasteiger partial charge is 0.338 e. The first-order chi connectivity index (χ1) is 11.4. The first-order valence-corrected chi connectivity index (χ1v) is 7.73. The number of amides is 2. The average molecular weight is 334 g/mol. The van der Waals surface area contributed by atoms with Crippen LogP contribution in [-0.2, 0) is 9.53 Å². The molecule has 0 aromatic heterocycles. The molecule has 0 fully saturated rings. The normalized spacial score (nSPS) is 18.5. The van der Waals surface area contributed by atoms with Gasteiger partial charge < -0.3 is 25.2 Å². The lowest BCUT2D eigenvalue weighted by Crippen LogP contribution is -2.45. The fourth-order valence-corrected chi connectivity index (χ4v) is 2.42. The van der Waals surface area contributed by atoms with Crippen LogP contribution >= 0.6 is 0 Å². The minimum Gasteiger partial charge on any atom is -0.504 e. The molecule has 1 aliphatic heterocycles. The molecule has 3 N–H and O–H groups in total. The molecule has 130 valence electrons. The van der Waals surface area contributed by atoms with Crippen LogP contribution in [0, 0.1) is 0 Å². The van der Waals surface area contributed by atoms with Gasteiger partial charge in [-0.2, -0.15) is 0 Å². The van der Waals surface area contributed by atoms with Crippen molar-refractivity contribution in [3.63, 3.8) is 0 Å². The number of phenols is 1. The van der Waals surface area contributed by atoms with Crippen LogP contribution in [0.15, 0.2) is 29.5 Å². The summed E-state index contributed by atoms with van der Waals surface area (Å²) in [5.74, 6) is -0.259. The van der Waals surface area contributed by atoms with Crippen molar-refractivity contribution in [2.45, 2.75) is 39.3 Å². The van der Waals surface area contributed by atoms with Crippen molar-refractivity contribution in [2.24, 2.45) is 0 Å². The Bertz CT molecular complexity index is 684. The number of hydrogen-bond donors (Lipinski definition) is 3. The zero-order valence-corrected chi connectivity index (χ0v) is 14.2. The van der Waals surface area contributed by atoms with Crippen molar-refractivity contribution in [1.82, 2.24) is 10.6 Å². The summed E-state index contributed by atoms with van der Waals surface area (Å²) in [6.45, 7) is 5.38. The lowest BCUT2D eigenvalue weighted by Gasteiger charge is -2.29. The second-order valence-electron chi connectivity index (χ2n) is 5.63. The van der Waals surface area contributed by atoms with Crippen molar-refractivity contribution in [3.05, 3.63) is 35.0 Å². The summed E-state index contributed by atoms with van der Waals surface area (Å²) in [5, 5.41) is 15.0. The van der Waals surface area contributed by atoms with E-state index >= 15 is 0 Å². The fourth-order valence-electron chi connectivity index (χ4n) is 2.42. The van der Waals surface area contributed by atoms with Crippen molar-refractivity contribution >= 4 is 12.0 Å². The summed E-state index contributed by atoms with van der Waals surface area (Å²) in [7, 11) is 1.43. The molecule has 7 heteroatoms. The van der Waals surface area contributed by atoms with Crippen molar-refractivity contribution < 1.29 is 24.2 Å². The predicted octanol–water partition coefficient (Wildman–Crippen LogP) is 2.37. The first-order valence-electron chi connectivity index (χ1n) is 7.73. The molecular formula is C17H22N2O5. The number of phenolic OH excluding ortho intramolecular Hbond substituents is 1. The van der Waals surface area contributed by atoms with Crippen molar-refractivity contribution in [1.29, 1.82) is 0 Å². The van der Waals surface area contributed by atoms with Gasteiger partial charge in [-0.25, -0.2) is 9.59 Å². The molecule has 0 aliphatic carbocycles. The number of methoxy groups -OCH3 is 1. The molecule has 1 aliphatic rings. The summed E-state index contributed by atoms with van der Waals surface area (Å²) < 4.78 is 10.5. The molecule has 0 spiro atoms. The van der Waals surface area contributed by atoms with E-state index in [9.17, 15) is 14.7 Å². The van der Waals surface area contributed by atoms with Gasteiger partial charge in [-0.05, 0) is 38.0 Å². The number of aromatic hydroxyl groups is 1. The van der Waals surface area contributed by atoms with Gasteiger partial charge in [0.2, 0.25) is 0 Å². The van der Waals surface area contributed by atoms with Gasteiger partial charge in [0.05, 0.1) is 24.8 Å². The van der Waals surface area contributed by atoms with Gasteiger partial charge in [0, 0.05) is 5.70 Å². The maximum absolute atomic E-state index is 12.5. The molecule has 2 atom stereocenters. The second-order valence-corrected chi connectivity index (χ2v) is 5.63. The number of allylic oxidation sites excluding steroid dienone is 1. The molecule has 1 aromatic carbocycles. The van der Waals surface area contributed by atoms with Gasteiger partial charge in [0.25, 0.3) is 0 Å². The first kappa shape index (κ1) is 17.7. The molecule has 2 amide bonds. The third-order valence-corrected chi connectivity index (χ3v) is 3.91. The van der Waals surface area contributed by atoms with Crippen molar-refractivity contribution in [3.8, 4) is 11.5 Å². The molecule has 2 unspecified atom stereocenters. The fraction of sp³-hybridized carbons (Fsp3) is 0.412. The summed E-state index contributed by atoms with van der Waals surface area (Å²) in [4.78, 5) is 24.4. The summed E-state index contributed by atoms with van der Waals surface area (Å²) in [6.07, 6.45) is 0.459. The summed E-state index contributed by atoms with van der Waals surface area (Å²) in [5.41, 5.74) is 1.36. The number of nitrogens with one attached hydrogen (secondary N) is 2. The van der Waals surface area contributed by atoms with E-state index in [1.165, 1.54) is 13.2 Å². The van der Waals surface area contributed by atoms with Crippen LogP contribution in [0.2, 0.25) is 0 Å². The highest BCUT2D eigenvalue weighted by Gasteiger charge is 2.33. The monoisotopic (exact) mass is 334 g/mol. The second kappa shape index (κ2) is 7.25. The summed E-state index contributed by atoms with van der Waals surface area (Å²) in [6, 6.07) is 3.55. The number of carbonyl (C=O) groups excluding carboxylic acids is 2. The number of urea groups is 1. The predicted molar refractivity (Wildman–Crippen MR) is 87.6 cm³/mol. The van der Waals surface area contributed by atoms with Crippen LogP contribution in [0.25, 0.3) is 0 Å². The lowest BCUT2D eigenvalue weighted by atomic mass is 9.95. The van der Waals surface area contributed by atoms with E-state index in [-0.39, 0.29) is 17.6 Å². The summed E-state index contributed by atoms with van der Waals surface area (Å²) >= 11 is 0. The highest BCUT2D eigenvalue weighted by molar-refractivity contribution is 5.95. The Kier molecular flexibility index (Phi) is 5.33. The van der Waals surface area contributed by atoms with E-state index in [0.29, 0.717) is 23.3 Å². The minimum atomic E-state index is -0.690. The quantitative estimate of drug-likeness (QED) is 0.718. The van der Waals surface area contributed by atoms with E-state index in [0.717, 1.165) is 0 Å². The van der Waals surface area contributed by atoms with Crippen LogP contribution in [0.4, 0.5) is 4.79 Å². The maximum atomic E-state index is 12.5. The van der Waals surface area contributed by atoms with E-state index in [2.05, 4.69) is 10.6 Å². The third-order valence-electron chi connectivity index (χ3n) is 3.91. The third kappa shape index (κ3) is 3.61. The zero-order valence-electron chi connectivity index (χ0n) is 14.2. The van der Waals surface area contributed by atoms with Crippen LogP contribution in [0.1, 0.15) is 38.8 Å². The largest absolute Gasteiger partial charge is 0.504 e. The highest BCUT2D eigenvalue weighted by atomic mass is 16.5. The van der Waals surface area contributed by atoms with Crippen LogP contribution < -0.4 is 15.4 Å². The molecule has 0 radical (unpaired) electrons. The Morgan fingerprint density at radius 3 is 2.75 bits per heavy atom. The number of ether oxygens (including phenoxy) is 2. The topological polar surface area (TPSA) is 96.9 Å². The number of carbonyl (C=O) groups is 2. The van der Waals surface area contributed by atoms with E-state index in [1.807, 2.05) is 6.92 Å². The Balaban J connectivity index is 2.43. The molecule has 1 heterocycles. The van der Waals surface area contributed by atoms with Gasteiger partial charge in [-0.15, -0.1) is 0 Å². The van der Waals surface area contributed by atoms with Crippen LogP contribution in [0.5, 0.6) is 11.5 Å². The molecular weight excluding hydrogens is 312 g/mol. The van der Waals surface area contributed by atoms with Crippen LogP contribution in [-0.4, -0.2) is 30.3 Å². The van der Waals surface area contributed by atoms with Crippen LogP contribution in [0.3, 0.4) is 0 Å². The molecule has 2 rings (SSSR count). The molecule has 0 saturated carbocycles. The van der Waals surface area contributed by atoms with Crippen molar-refractivity contribution in [2.75, 3.05) is 7.11 Å². The number of hydrogen-bond acceptors (Lipinski definition) is 5. The Hall–Kier alpha value is -2.70. The Morgan fingerprint density at radius 2 is 2.12 bits per heavy atom. The average Bonchev–Trinajstić information content (AvgIpc) is 2.54. The Labute approximate surface area is 140 Å². The van der Waals surface area contributed by atoms with E-state index in [4.69, 9.17) is 9.47 Å². The number of rotatable bonds is 5. The highest BCUT2D eigenvalue weighted by Crippen LogP contribution is 2.33. The van der Waals surface area contributed by atoms with Gasteiger partial charge >= 0.3 is 12.0 Å². The number of esters is 1.